The maximum atomic E-state index is 12.4. The van der Waals surface area contributed by atoms with Crippen LogP contribution in [0.5, 0.6) is 5.75 Å². The highest BCUT2D eigenvalue weighted by Crippen LogP contribution is 2.23. The van der Waals surface area contributed by atoms with Gasteiger partial charge in [0.05, 0.1) is 19.0 Å². The first-order valence-corrected chi connectivity index (χ1v) is 9.70. The molecule has 0 radical (unpaired) electrons. The Bertz CT molecular complexity index is 1210. The predicted molar refractivity (Wildman–Crippen MR) is 116 cm³/mol. The maximum Gasteiger partial charge on any atom is 0.307 e. The van der Waals surface area contributed by atoms with Gasteiger partial charge in [0.1, 0.15) is 11.3 Å². The number of nitrogens with zero attached hydrogens (tertiary/aromatic N) is 2. The summed E-state index contributed by atoms with van der Waals surface area (Å²) < 4.78 is 13.8. The normalized spacial score (nSPS) is 11.3. The van der Waals surface area contributed by atoms with E-state index in [4.69, 9.17) is 9.15 Å². The number of carbonyl (C=O) groups is 1. The number of furan rings is 1. The number of ether oxygens (including phenoxy) is 1. The molecule has 146 valence electrons. The molecular weight excluding hydrogens is 434 g/mol. The number of methoxy groups -OCH3 is 1. The molecule has 4 aromatic rings. The van der Waals surface area contributed by atoms with Gasteiger partial charge in [-0.1, -0.05) is 15.9 Å². The van der Waals surface area contributed by atoms with Gasteiger partial charge >= 0.3 is 5.91 Å². The van der Waals surface area contributed by atoms with Gasteiger partial charge in [-0.2, -0.15) is 5.10 Å². The number of hydrogen-bond donors (Lipinski definition) is 1. The lowest BCUT2D eigenvalue weighted by Crippen LogP contribution is -2.17. The van der Waals surface area contributed by atoms with Crippen LogP contribution in [0.15, 0.2) is 74.7 Å². The molecule has 29 heavy (non-hydrogen) atoms. The molecule has 0 saturated carbocycles. The van der Waals surface area contributed by atoms with E-state index in [2.05, 4.69) is 26.5 Å². The Labute approximate surface area is 175 Å². The maximum absolute atomic E-state index is 12.4. The quantitative estimate of drug-likeness (QED) is 0.340. The van der Waals surface area contributed by atoms with E-state index in [9.17, 15) is 4.79 Å². The highest BCUT2D eigenvalue weighted by Gasteiger charge is 2.12. The third kappa shape index (κ3) is 3.95. The lowest BCUT2D eigenvalue weighted by molar-refractivity contribution is 0.0929. The average molecular weight is 452 g/mol. The zero-order chi connectivity index (χ0) is 20.4. The summed E-state index contributed by atoms with van der Waals surface area (Å²) in [5.41, 5.74) is 6.02. The minimum Gasteiger partial charge on any atom is -0.497 e. The number of halogens is 1. The highest BCUT2D eigenvalue weighted by molar-refractivity contribution is 9.10. The fourth-order valence-corrected chi connectivity index (χ4v) is 3.46. The first-order valence-electron chi connectivity index (χ1n) is 8.90. The van der Waals surface area contributed by atoms with Crippen LogP contribution in [0.2, 0.25) is 0 Å². The van der Waals surface area contributed by atoms with Crippen LogP contribution in [0.25, 0.3) is 16.7 Å². The molecule has 0 spiro atoms. The first kappa shape index (κ1) is 19.0. The Hall–Kier alpha value is -3.32. The minimum absolute atomic E-state index is 0.206. The zero-order valence-electron chi connectivity index (χ0n) is 15.8. The molecule has 4 rings (SSSR count). The number of amides is 1. The largest absolute Gasteiger partial charge is 0.497 e. The van der Waals surface area contributed by atoms with Crippen molar-refractivity contribution in [3.8, 4) is 11.4 Å². The summed E-state index contributed by atoms with van der Waals surface area (Å²) in [5, 5.41) is 4.94. The van der Waals surface area contributed by atoms with E-state index in [0.717, 1.165) is 32.7 Å². The number of hydrogen-bond acceptors (Lipinski definition) is 4. The predicted octanol–water partition coefficient (Wildman–Crippen LogP) is 5.07. The van der Waals surface area contributed by atoms with Crippen molar-refractivity contribution in [3.05, 3.63) is 82.3 Å². The van der Waals surface area contributed by atoms with Crippen molar-refractivity contribution in [1.29, 1.82) is 0 Å². The summed E-state index contributed by atoms with van der Waals surface area (Å²) in [7, 11) is 1.64. The number of aryl methyl sites for hydroxylation is 1. The molecule has 2 aromatic carbocycles. The summed E-state index contributed by atoms with van der Waals surface area (Å²) in [6, 6.07) is 18.9. The molecule has 2 heterocycles. The number of carbonyl (C=O) groups excluding carboxylic acids is 1. The third-order valence-electron chi connectivity index (χ3n) is 4.50. The van der Waals surface area contributed by atoms with Crippen LogP contribution in [-0.4, -0.2) is 23.8 Å². The number of aromatic nitrogens is 1. The van der Waals surface area contributed by atoms with E-state index in [1.165, 1.54) is 0 Å². The van der Waals surface area contributed by atoms with E-state index in [-0.39, 0.29) is 5.76 Å². The molecule has 0 bridgehead atoms. The van der Waals surface area contributed by atoms with Gasteiger partial charge in [0.2, 0.25) is 0 Å². The van der Waals surface area contributed by atoms with Gasteiger partial charge in [-0.3, -0.25) is 4.79 Å². The average Bonchev–Trinajstić information content (AvgIpc) is 3.31. The summed E-state index contributed by atoms with van der Waals surface area (Å²) in [5.74, 6) is 0.587. The summed E-state index contributed by atoms with van der Waals surface area (Å²) in [4.78, 5) is 12.4. The van der Waals surface area contributed by atoms with Crippen LogP contribution >= 0.6 is 15.9 Å². The monoisotopic (exact) mass is 451 g/mol. The van der Waals surface area contributed by atoms with E-state index in [1.807, 2.05) is 66.1 Å². The third-order valence-corrected chi connectivity index (χ3v) is 5.00. The smallest absolute Gasteiger partial charge is 0.307 e. The second-order valence-electron chi connectivity index (χ2n) is 6.42. The molecule has 1 amide bonds. The van der Waals surface area contributed by atoms with Crippen molar-refractivity contribution in [2.45, 2.75) is 6.92 Å². The minimum atomic E-state index is -0.409. The summed E-state index contributed by atoms with van der Waals surface area (Å²) >= 11 is 3.41. The van der Waals surface area contributed by atoms with Crippen LogP contribution in [0.3, 0.4) is 0 Å². The number of rotatable bonds is 5. The van der Waals surface area contributed by atoms with Crippen molar-refractivity contribution in [2.24, 2.45) is 5.10 Å². The van der Waals surface area contributed by atoms with Crippen LogP contribution in [-0.2, 0) is 0 Å². The standard InChI is InChI=1S/C22H18BrN3O3/c1-14-3-5-18(26(14)17-6-8-19(28-2)9-7-17)13-24-25-22(27)21-12-15-11-16(23)4-10-20(15)29-21/h3-13H,1-2H3,(H,25,27)/b24-13-. The van der Waals surface area contributed by atoms with Crippen LogP contribution < -0.4 is 10.2 Å². The van der Waals surface area contributed by atoms with Crippen LogP contribution in [0.1, 0.15) is 21.9 Å². The molecule has 0 aliphatic rings. The summed E-state index contributed by atoms with van der Waals surface area (Å²) in [6.07, 6.45) is 1.61. The molecule has 7 heteroatoms. The molecular formula is C22H18BrN3O3. The molecule has 0 unspecified atom stereocenters. The number of benzene rings is 2. The second kappa shape index (κ2) is 7.97. The Morgan fingerprint density at radius 2 is 1.93 bits per heavy atom. The molecule has 2 aromatic heterocycles. The molecule has 6 nitrogen and oxygen atoms in total. The number of fused-ring (bicyclic) bond motifs is 1. The van der Waals surface area contributed by atoms with Gasteiger partial charge < -0.3 is 13.7 Å². The topological polar surface area (TPSA) is 68.8 Å². The van der Waals surface area contributed by atoms with Gasteiger partial charge in [-0.05, 0) is 67.6 Å². The first-order chi connectivity index (χ1) is 14.0. The summed E-state index contributed by atoms with van der Waals surface area (Å²) in [6.45, 7) is 2.01. The zero-order valence-corrected chi connectivity index (χ0v) is 17.4. The van der Waals surface area contributed by atoms with Crippen molar-refractivity contribution < 1.29 is 13.9 Å². The van der Waals surface area contributed by atoms with Gasteiger partial charge in [-0.15, -0.1) is 0 Å². The Morgan fingerprint density at radius 1 is 1.14 bits per heavy atom. The van der Waals surface area contributed by atoms with Gasteiger partial charge in [0.15, 0.2) is 5.76 Å². The lowest BCUT2D eigenvalue weighted by Gasteiger charge is -2.10. The fraction of sp³-hybridized carbons (Fsp3) is 0.0909. The Balaban J connectivity index is 1.52. The molecule has 0 saturated heterocycles. The SMILES string of the molecule is COc1ccc(-n2c(C)ccc2/C=N\NC(=O)c2cc3cc(Br)ccc3o2)cc1. The lowest BCUT2D eigenvalue weighted by atomic mass is 10.2. The fourth-order valence-electron chi connectivity index (χ4n) is 3.08. The van der Waals surface area contributed by atoms with Crippen LogP contribution in [0.4, 0.5) is 0 Å². The van der Waals surface area contributed by atoms with Gasteiger partial charge in [-0.25, -0.2) is 5.43 Å². The molecule has 0 atom stereocenters. The Morgan fingerprint density at radius 3 is 2.69 bits per heavy atom. The van der Waals surface area contributed by atoms with E-state index in [1.54, 1.807) is 19.4 Å². The van der Waals surface area contributed by atoms with Crippen molar-refractivity contribution in [1.82, 2.24) is 9.99 Å². The van der Waals surface area contributed by atoms with Gasteiger partial charge in [0.25, 0.3) is 0 Å². The highest BCUT2D eigenvalue weighted by atomic mass is 79.9. The van der Waals surface area contributed by atoms with Crippen molar-refractivity contribution >= 4 is 39.0 Å². The second-order valence-corrected chi connectivity index (χ2v) is 7.34. The van der Waals surface area contributed by atoms with Gasteiger partial charge in [0, 0.05) is 21.2 Å². The molecule has 0 aliphatic heterocycles. The Kier molecular flexibility index (Phi) is 5.22. The molecule has 1 N–H and O–H groups in total. The van der Waals surface area contributed by atoms with Crippen molar-refractivity contribution in [3.63, 3.8) is 0 Å². The van der Waals surface area contributed by atoms with Crippen molar-refractivity contribution in [2.75, 3.05) is 7.11 Å². The van der Waals surface area contributed by atoms with E-state index >= 15 is 0 Å². The number of nitrogens with one attached hydrogen (secondary N) is 1. The molecule has 0 fully saturated rings. The van der Waals surface area contributed by atoms with E-state index in [0.29, 0.717) is 5.58 Å². The molecule has 0 aliphatic carbocycles. The number of hydrazone groups is 1. The van der Waals surface area contributed by atoms with E-state index < -0.39 is 5.91 Å². The van der Waals surface area contributed by atoms with Crippen LogP contribution in [0, 0.1) is 6.92 Å².